The van der Waals surface area contributed by atoms with Gasteiger partial charge in [-0.15, -0.1) is 0 Å². The maximum absolute atomic E-state index is 5.41. The lowest BCUT2D eigenvalue weighted by atomic mass is 10.2. The third-order valence-electron chi connectivity index (χ3n) is 2.56. The van der Waals surface area contributed by atoms with Crippen LogP contribution in [0.4, 0.5) is 0 Å². The topological polar surface area (TPSA) is 24.5 Å². The first kappa shape index (κ1) is 16.0. The van der Waals surface area contributed by atoms with Crippen LogP contribution in [-0.4, -0.2) is 39.2 Å². The van der Waals surface area contributed by atoms with Crippen LogP contribution in [0.25, 0.3) is 0 Å². The lowest BCUT2D eigenvalue weighted by Crippen LogP contribution is -2.21. The van der Waals surface area contributed by atoms with Gasteiger partial charge in [0.2, 0.25) is 0 Å². The van der Waals surface area contributed by atoms with E-state index >= 15 is 0 Å². The Balaban J connectivity index is 2.51. The molecule has 102 valence electrons. The minimum Gasteiger partial charge on any atom is -0.495 e. The number of benzene rings is 1. The van der Waals surface area contributed by atoms with Crippen molar-refractivity contribution < 1.29 is 4.74 Å². The van der Waals surface area contributed by atoms with Crippen molar-refractivity contribution >= 4 is 31.9 Å². The first-order valence-electron chi connectivity index (χ1n) is 5.92. The molecule has 0 spiro atoms. The van der Waals surface area contributed by atoms with E-state index in [-0.39, 0.29) is 0 Å². The predicted molar refractivity (Wildman–Crippen MR) is 83.3 cm³/mol. The summed E-state index contributed by atoms with van der Waals surface area (Å²) < 4.78 is 7.44. The summed E-state index contributed by atoms with van der Waals surface area (Å²) in [5.74, 6) is 0.901. The Morgan fingerprint density at radius 2 is 2.00 bits per heavy atom. The molecule has 0 aliphatic carbocycles. The maximum atomic E-state index is 5.41. The average molecular weight is 380 g/mol. The second-order valence-electron chi connectivity index (χ2n) is 4.41. The van der Waals surface area contributed by atoms with Gasteiger partial charge in [0.25, 0.3) is 0 Å². The number of methoxy groups -OCH3 is 1. The molecule has 5 heteroatoms. The summed E-state index contributed by atoms with van der Waals surface area (Å²) in [7, 11) is 5.88. The molecule has 0 heterocycles. The van der Waals surface area contributed by atoms with Crippen molar-refractivity contribution in [3.8, 4) is 5.75 Å². The largest absolute Gasteiger partial charge is 0.495 e. The maximum Gasteiger partial charge on any atom is 0.137 e. The second kappa shape index (κ2) is 8.15. The minimum absolute atomic E-state index is 0.814. The summed E-state index contributed by atoms with van der Waals surface area (Å²) >= 11 is 7.01. The molecule has 0 radical (unpaired) electrons. The molecule has 0 aliphatic rings. The van der Waals surface area contributed by atoms with Crippen LogP contribution >= 0.6 is 31.9 Å². The molecular formula is C13H20Br2N2O. The number of hydrogen-bond donors (Lipinski definition) is 1. The highest BCUT2D eigenvalue weighted by molar-refractivity contribution is 9.11. The van der Waals surface area contributed by atoms with Crippen molar-refractivity contribution in [2.75, 3.05) is 34.3 Å². The van der Waals surface area contributed by atoms with E-state index in [0.29, 0.717) is 0 Å². The Morgan fingerprint density at radius 1 is 1.28 bits per heavy atom. The molecular weight excluding hydrogens is 360 g/mol. The highest BCUT2D eigenvalue weighted by Gasteiger charge is 2.08. The van der Waals surface area contributed by atoms with Crippen LogP contribution in [-0.2, 0) is 6.54 Å². The van der Waals surface area contributed by atoms with Gasteiger partial charge in [-0.1, -0.05) is 15.9 Å². The average Bonchev–Trinajstić information content (AvgIpc) is 2.27. The van der Waals surface area contributed by atoms with Gasteiger partial charge in [-0.25, -0.2) is 0 Å². The number of ether oxygens (including phenoxy) is 1. The van der Waals surface area contributed by atoms with Gasteiger partial charge in [0.1, 0.15) is 5.75 Å². The zero-order chi connectivity index (χ0) is 13.5. The van der Waals surface area contributed by atoms with Gasteiger partial charge in [-0.3, -0.25) is 0 Å². The highest BCUT2D eigenvalue weighted by atomic mass is 79.9. The quantitative estimate of drug-likeness (QED) is 0.736. The van der Waals surface area contributed by atoms with Gasteiger partial charge >= 0.3 is 0 Å². The molecule has 0 atom stereocenters. The van der Waals surface area contributed by atoms with E-state index in [1.165, 1.54) is 0 Å². The van der Waals surface area contributed by atoms with E-state index in [1.807, 2.05) is 6.07 Å². The second-order valence-corrected chi connectivity index (χ2v) is 6.18. The Hall–Kier alpha value is -0.100. The molecule has 0 amide bonds. The highest BCUT2D eigenvalue weighted by Crippen LogP contribution is 2.32. The van der Waals surface area contributed by atoms with Crippen LogP contribution in [0.1, 0.15) is 12.0 Å². The van der Waals surface area contributed by atoms with Crippen LogP contribution in [0.2, 0.25) is 0 Å². The van der Waals surface area contributed by atoms with Crippen LogP contribution in [0.15, 0.2) is 21.1 Å². The molecule has 18 heavy (non-hydrogen) atoms. The van der Waals surface area contributed by atoms with E-state index in [1.54, 1.807) is 7.11 Å². The van der Waals surface area contributed by atoms with Crippen molar-refractivity contribution in [3.63, 3.8) is 0 Å². The van der Waals surface area contributed by atoms with Crippen molar-refractivity contribution in [2.45, 2.75) is 13.0 Å². The van der Waals surface area contributed by atoms with E-state index in [0.717, 1.165) is 46.3 Å². The summed E-state index contributed by atoms with van der Waals surface area (Å²) in [6.07, 6.45) is 1.14. The van der Waals surface area contributed by atoms with Crippen LogP contribution in [0.3, 0.4) is 0 Å². The Morgan fingerprint density at radius 3 is 2.61 bits per heavy atom. The first-order valence-corrected chi connectivity index (χ1v) is 7.50. The van der Waals surface area contributed by atoms with Gasteiger partial charge in [0, 0.05) is 16.6 Å². The zero-order valence-corrected chi connectivity index (χ0v) is 14.3. The fraction of sp³-hybridized carbons (Fsp3) is 0.538. The Bertz CT molecular complexity index is 383. The molecule has 0 aromatic heterocycles. The van der Waals surface area contributed by atoms with Gasteiger partial charge < -0.3 is 15.0 Å². The molecule has 1 N–H and O–H groups in total. The van der Waals surface area contributed by atoms with E-state index in [9.17, 15) is 0 Å². The number of nitrogens with zero attached hydrogens (tertiary/aromatic N) is 1. The molecule has 0 unspecified atom stereocenters. The predicted octanol–water partition coefficient (Wildman–Crippen LogP) is 3.26. The van der Waals surface area contributed by atoms with E-state index < -0.39 is 0 Å². The molecule has 1 rings (SSSR count). The third-order valence-corrected chi connectivity index (χ3v) is 3.61. The van der Waals surface area contributed by atoms with Crippen molar-refractivity contribution in [1.82, 2.24) is 10.2 Å². The molecule has 0 fully saturated rings. The standard InChI is InChI=1S/C13H20Br2N2O/c1-17(2)6-4-5-16-9-10-7-11(14)8-12(15)13(10)18-3/h7-8,16H,4-6,9H2,1-3H3. The van der Waals surface area contributed by atoms with Crippen molar-refractivity contribution in [2.24, 2.45) is 0 Å². The van der Waals surface area contributed by atoms with Crippen molar-refractivity contribution in [1.29, 1.82) is 0 Å². The number of hydrogen-bond acceptors (Lipinski definition) is 3. The first-order chi connectivity index (χ1) is 8.54. The molecule has 0 saturated carbocycles. The molecule has 1 aromatic carbocycles. The summed E-state index contributed by atoms with van der Waals surface area (Å²) in [4.78, 5) is 2.19. The van der Waals surface area contributed by atoms with Gasteiger partial charge in [-0.2, -0.15) is 0 Å². The minimum atomic E-state index is 0.814. The van der Waals surface area contributed by atoms with Gasteiger partial charge in [-0.05, 0) is 61.7 Å². The van der Waals surface area contributed by atoms with Crippen molar-refractivity contribution in [3.05, 3.63) is 26.6 Å². The van der Waals surface area contributed by atoms with E-state index in [4.69, 9.17) is 4.74 Å². The van der Waals surface area contributed by atoms with Gasteiger partial charge in [0.15, 0.2) is 0 Å². The van der Waals surface area contributed by atoms with Crippen LogP contribution in [0, 0.1) is 0 Å². The smallest absolute Gasteiger partial charge is 0.137 e. The fourth-order valence-corrected chi connectivity index (χ4v) is 3.19. The molecule has 1 aromatic rings. The lowest BCUT2D eigenvalue weighted by Gasteiger charge is -2.13. The summed E-state index contributed by atoms with van der Waals surface area (Å²) in [5, 5.41) is 3.44. The molecule has 0 aliphatic heterocycles. The fourth-order valence-electron chi connectivity index (χ4n) is 1.72. The normalized spacial score (nSPS) is 11.0. The monoisotopic (exact) mass is 378 g/mol. The molecule has 3 nitrogen and oxygen atoms in total. The Kier molecular flexibility index (Phi) is 7.22. The van der Waals surface area contributed by atoms with Crippen LogP contribution < -0.4 is 10.1 Å². The third kappa shape index (κ3) is 5.26. The Labute approximate surface area is 126 Å². The summed E-state index contributed by atoms with van der Waals surface area (Å²) in [6, 6.07) is 4.08. The number of halogens is 2. The summed E-state index contributed by atoms with van der Waals surface area (Å²) in [6.45, 7) is 2.92. The zero-order valence-electron chi connectivity index (χ0n) is 11.1. The van der Waals surface area contributed by atoms with E-state index in [2.05, 4.69) is 62.2 Å². The number of rotatable bonds is 7. The summed E-state index contributed by atoms with van der Waals surface area (Å²) in [5.41, 5.74) is 1.16. The SMILES string of the molecule is COc1c(Br)cc(Br)cc1CNCCCN(C)C. The molecule has 0 saturated heterocycles. The number of nitrogens with one attached hydrogen (secondary N) is 1. The van der Waals surface area contributed by atoms with Gasteiger partial charge in [0.05, 0.1) is 11.6 Å². The molecule has 0 bridgehead atoms. The lowest BCUT2D eigenvalue weighted by molar-refractivity contribution is 0.390. The van der Waals surface area contributed by atoms with Crippen LogP contribution in [0.5, 0.6) is 5.75 Å².